The Labute approximate surface area is 83.5 Å². The molecule has 0 saturated carbocycles. The molecule has 1 saturated heterocycles. The summed E-state index contributed by atoms with van der Waals surface area (Å²) in [6.45, 7) is 2.75. The molecular weight excluding hydrogens is 185 g/mol. The standard InChI is InChI=1S/C8H16BNO4/c1-9(14)10-4-2-8(13,3-5-10)6-7(11)12/h13-14H,2-6H2,1H3,(H,11,12). The number of hydrogen-bond donors (Lipinski definition) is 3. The summed E-state index contributed by atoms with van der Waals surface area (Å²) in [5.41, 5.74) is -1.09. The second-order valence-corrected chi connectivity index (χ2v) is 3.96. The maximum absolute atomic E-state index is 10.5. The molecule has 0 bridgehead atoms. The molecule has 0 spiro atoms. The van der Waals surface area contributed by atoms with E-state index < -0.39 is 18.6 Å². The molecule has 3 N–H and O–H groups in total. The molecule has 0 aromatic heterocycles. The van der Waals surface area contributed by atoms with Gasteiger partial charge in [0.1, 0.15) is 0 Å². The Morgan fingerprint density at radius 3 is 2.36 bits per heavy atom. The van der Waals surface area contributed by atoms with Crippen LogP contribution in [0.5, 0.6) is 0 Å². The fourth-order valence-corrected chi connectivity index (χ4v) is 1.77. The fraction of sp³-hybridized carbons (Fsp3) is 0.875. The highest BCUT2D eigenvalue weighted by atomic mass is 16.4. The van der Waals surface area contributed by atoms with E-state index in [0.29, 0.717) is 25.9 Å². The van der Waals surface area contributed by atoms with Gasteiger partial charge >= 0.3 is 13.0 Å². The van der Waals surface area contributed by atoms with Crippen LogP contribution in [0.15, 0.2) is 0 Å². The highest BCUT2D eigenvalue weighted by molar-refractivity contribution is 6.45. The van der Waals surface area contributed by atoms with E-state index in [0.717, 1.165) is 0 Å². The van der Waals surface area contributed by atoms with Gasteiger partial charge in [0.25, 0.3) is 0 Å². The molecule has 0 aromatic carbocycles. The van der Waals surface area contributed by atoms with Crippen molar-refractivity contribution >= 4 is 13.0 Å². The summed E-state index contributed by atoms with van der Waals surface area (Å²) < 4.78 is 0. The number of nitrogens with zero attached hydrogens (tertiary/aromatic N) is 1. The molecule has 6 heteroatoms. The lowest BCUT2D eigenvalue weighted by molar-refractivity contribution is -0.144. The van der Waals surface area contributed by atoms with Gasteiger partial charge in [-0.05, 0) is 32.8 Å². The van der Waals surface area contributed by atoms with E-state index in [4.69, 9.17) is 5.11 Å². The number of aliphatic carboxylic acids is 1. The van der Waals surface area contributed by atoms with Crippen LogP contribution in [-0.2, 0) is 4.79 Å². The minimum Gasteiger partial charge on any atom is -0.481 e. The summed E-state index contributed by atoms with van der Waals surface area (Å²) in [6.07, 6.45) is 0.606. The van der Waals surface area contributed by atoms with Crippen molar-refractivity contribution in [3.63, 3.8) is 0 Å². The first-order valence-electron chi connectivity index (χ1n) is 4.79. The van der Waals surface area contributed by atoms with Gasteiger partial charge in [-0.1, -0.05) is 0 Å². The number of rotatable bonds is 3. The normalized spacial score (nSPS) is 21.9. The van der Waals surface area contributed by atoms with Gasteiger partial charge in [-0.2, -0.15) is 0 Å². The first kappa shape index (κ1) is 11.5. The molecule has 0 amide bonds. The SMILES string of the molecule is CB(O)N1CCC(O)(CC(=O)O)CC1. The zero-order valence-electron chi connectivity index (χ0n) is 8.31. The molecule has 0 unspecified atom stereocenters. The van der Waals surface area contributed by atoms with Crippen molar-refractivity contribution in [1.82, 2.24) is 4.81 Å². The van der Waals surface area contributed by atoms with Crippen molar-refractivity contribution in [2.75, 3.05) is 13.1 Å². The molecule has 5 nitrogen and oxygen atoms in total. The summed E-state index contributed by atoms with van der Waals surface area (Å²) in [7, 11) is -0.524. The minimum absolute atomic E-state index is 0.208. The van der Waals surface area contributed by atoms with Gasteiger partial charge in [0.05, 0.1) is 12.0 Å². The highest BCUT2D eigenvalue weighted by Crippen LogP contribution is 2.25. The van der Waals surface area contributed by atoms with Crippen molar-refractivity contribution in [3.05, 3.63) is 0 Å². The van der Waals surface area contributed by atoms with E-state index in [1.807, 2.05) is 4.81 Å². The Morgan fingerprint density at radius 1 is 1.50 bits per heavy atom. The van der Waals surface area contributed by atoms with Crippen molar-refractivity contribution in [2.24, 2.45) is 0 Å². The fourth-order valence-electron chi connectivity index (χ4n) is 1.77. The molecule has 80 valence electrons. The van der Waals surface area contributed by atoms with E-state index in [-0.39, 0.29) is 6.42 Å². The second-order valence-electron chi connectivity index (χ2n) is 3.96. The smallest absolute Gasteiger partial charge is 0.376 e. The molecule has 0 aromatic rings. The predicted octanol–water partition coefficient (Wildman–Crippen LogP) is -0.602. The maximum atomic E-state index is 10.5. The Hall–Kier alpha value is -0.585. The number of carbonyl (C=O) groups is 1. The first-order valence-corrected chi connectivity index (χ1v) is 4.79. The predicted molar refractivity (Wildman–Crippen MR) is 51.8 cm³/mol. The summed E-state index contributed by atoms with van der Waals surface area (Å²) >= 11 is 0. The topological polar surface area (TPSA) is 81.0 Å². The monoisotopic (exact) mass is 201 g/mol. The molecule has 0 radical (unpaired) electrons. The highest BCUT2D eigenvalue weighted by Gasteiger charge is 2.35. The summed E-state index contributed by atoms with van der Waals surface area (Å²) in [5.74, 6) is -0.974. The van der Waals surface area contributed by atoms with Gasteiger partial charge in [0.15, 0.2) is 0 Å². The Kier molecular flexibility index (Phi) is 3.52. The van der Waals surface area contributed by atoms with Gasteiger partial charge in [0, 0.05) is 0 Å². The van der Waals surface area contributed by atoms with Gasteiger partial charge in [0.2, 0.25) is 0 Å². The molecule has 1 rings (SSSR count). The minimum atomic E-state index is -1.09. The third-order valence-electron chi connectivity index (χ3n) is 2.74. The van der Waals surface area contributed by atoms with Crippen molar-refractivity contribution < 1.29 is 20.0 Å². The van der Waals surface area contributed by atoms with Crippen LogP contribution in [0.1, 0.15) is 19.3 Å². The van der Waals surface area contributed by atoms with Crippen molar-refractivity contribution in [3.8, 4) is 0 Å². The lowest BCUT2D eigenvalue weighted by Crippen LogP contribution is -2.50. The zero-order chi connectivity index (χ0) is 10.8. The van der Waals surface area contributed by atoms with Crippen LogP contribution in [-0.4, -0.2) is 51.8 Å². The van der Waals surface area contributed by atoms with Crippen LogP contribution in [0.4, 0.5) is 0 Å². The molecule has 0 aliphatic carbocycles. The van der Waals surface area contributed by atoms with Gasteiger partial charge < -0.3 is 20.0 Å². The molecule has 0 atom stereocenters. The number of aliphatic hydroxyl groups is 1. The van der Waals surface area contributed by atoms with E-state index >= 15 is 0 Å². The van der Waals surface area contributed by atoms with Crippen molar-refractivity contribution in [2.45, 2.75) is 31.7 Å². The van der Waals surface area contributed by atoms with Crippen LogP contribution in [0.2, 0.25) is 6.82 Å². The number of carboxylic acid groups (broad SMARTS) is 1. The van der Waals surface area contributed by atoms with Crippen LogP contribution >= 0.6 is 0 Å². The molecule has 1 fully saturated rings. The molecular formula is C8H16BNO4. The van der Waals surface area contributed by atoms with Gasteiger partial charge in [-0.15, -0.1) is 0 Å². The third-order valence-corrected chi connectivity index (χ3v) is 2.74. The van der Waals surface area contributed by atoms with E-state index in [1.54, 1.807) is 6.82 Å². The second kappa shape index (κ2) is 4.29. The average Bonchev–Trinajstić information content (AvgIpc) is 2.02. The number of hydrogen-bond acceptors (Lipinski definition) is 4. The Bertz CT molecular complexity index is 213. The number of piperidine rings is 1. The van der Waals surface area contributed by atoms with E-state index in [9.17, 15) is 14.9 Å². The average molecular weight is 201 g/mol. The molecule has 14 heavy (non-hydrogen) atoms. The first-order chi connectivity index (χ1) is 6.43. The van der Waals surface area contributed by atoms with Gasteiger partial charge in [-0.3, -0.25) is 4.79 Å². The third kappa shape index (κ3) is 2.97. The van der Waals surface area contributed by atoms with E-state index in [2.05, 4.69) is 0 Å². The largest absolute Gasteiger partial charge is 0.481 e. The van der Waals surface area contributed by atoms with E-state index in [1.165, 1.54) is 0 Å². The van der Waals surface area contributed by atoms with Crippen LogP contribution in [0.3, 0.4) is 0 Å². The maximum Gasteiger partial charge on any atom is 0.376 e. The molecule has 1 aliphatic heterocycles. The van der Waals surface area contributed by atoms with Crippen LogP contribution < -0.4 is 0 Å². The Morgan fingerprint density at radius 2 is 2.00 bits per heavy atom. The summed E-state index contributed by atoms with van der Waals surface area (Å²) in [6, 6.07) is 0. The quantitative estimate of drug-likeness (QED) is 0.531. The van der Waals surface area contributed by atoms with Crippen LogP contribution in [0, 0.1) is 0 Å². The van der Waals surface area contributed by atoms with Crippen LogP contribution in [0.25, 0.3) is 0 Å². The molecule has 1 heterocycles. The lowest BCUT2D eigenvalue weighted by Gasteiger charge is -2.37. The van der Waals surface area contributed by atoms with Gasteiger partial charge in [-0.25, -0.2) is 0 Å². The summed E-state index contributed by atoms with van der Waals surface area (Å²) in [4.78, 5) is 12.3. The lowest BCUT2D eigenvalue weighted by atomic mass is 9.78. The van der Waals surface area contributed by atoms with Crippen molar-refractivity contribution in [1.29, 1.82) is 0 Å². The summed E-state index contributed by atoms with van der Waals surface area (Å²) in [5, 5.41) is 27.7. The Balaban J connectivity index is 2.44. The molecule has 1 aliphatic rings. The number of carboxylic acids is 1. The zero-order valence-corrected chi connectivity index (χ0v) is 8.31.